The fraction of sp³-hybridized carbons (Fsp3) is 0. The van der Waals surface area contributed by atoms with E-state index in [2.05, 4.69) is 10.3 Å². The molecule has 4 nitrogen and oxygen atoms in total. The molecule has 0 N–H and O–H groups in total. The molecule has 0 atom stereocenters. The average molecular weight is 264 g/mol. The normalized spacial score (nSPS) is 10.2. The third-order valence-corrected chi connectivity index (χ3v) is 2.89. The van der Waals surface area contributed by atoms with Crippen LogP contribution in [-0.2, 0) is 0 Å². The number of benzene rings is 2. The second-order valence-electron chi connectivity index (χ2n) is 4.15. The van der Waals surface area contributed by atoms with Gasteiger partial charge in [-0.2, -0.15) is 5.26 Å². The van der Waals surface area contributed by atoms with Crippen molar-refractivity contribution in [2.24, 2.45) is 0 Å². The van der Waals surface area contributed by atoms with Gasteiger partial charge in [-0.1, -0.05) is 35.5 Å². The summed E-state index contributed by atoms with van der Waals surface area (Å²) in [5.74, 6) is -0.323. The number of aromatic nitrogens is 3. The van der Waals surface area contributed by atoms with Crippen LogP contribution in [0.25, 0.3) is 16.9 Å². The molecule has 0 fully saturated rings. The molecule has 96 valence electrons. The molecule has 0 amide bonds. The average Bonchev–Trinajstić information content (AvgIpc) is 2.93. The van der Waals surface area contributed by atoms with E-state index in [9.17, 15) is 4.39 Å². The third kappa shape index (κ3) is 2.04. The van der Waals surface area contributed by atoms with Crippen molar-refractivity contribution in [1.29, 1.82) is 5.26 Å². The molecule has 0 unspecified atom stereocenters. The zero-order chi connectivity index (χ0) is 13.9. The van der Waals surface area contributed by atoms with E-state index in [-0.39, 0.29) is 11.5 Å². The smallest absolute Gasteiger partial charge is 0.191 e. The molecule has 1 aromatic heterocycles. The van der Waals surface area contributed by atoms with Gasteiger partial charge in [0.25, 0.3) is 0 Å². The minimum atomic E-state index is -0.323. The predicted molar refractivity (Wildman–Crippen MR) is 71.5 cm³/mol. The van der Waals surface area contributed by atoms with Crippen LogP contribution in [0.1, 0.15) is 5.69 Å². The Kier molecular flexibility index (Phi) is 2.98. The summed E-state index contributed by atoms with van der Waals surface area (Å²) in [7, 11) is 0. The Morgan fingerprint density at radius 1 is 1.00 bits per heavy atom. The van der Waals surface area contributed by atoms with Crippen LogP contribution in [0.3, 0.4) is 0 Å². The summed E-state index contributed by atoms with van der Waals surface area (Å²) in [6.45, 7) is 0. The van der Waals surface area contributed by atoms with Crippen LogP contribution in [0.4, 0.5) is 4.39 Å². The van der Waals surface area contributed by atoms with Crippen molar-refractivity contribution in [3.63, 3.8) is 0 Å². The largest absolute Gasteiger partial charge is 0.211 e. The highest BCUT2D eigenvalue weighted by Gasteiger charge is 2.15. The summed E-state index contributed by atoms with van der Waals surface area (Å²) in [5.41, 5.74) is 2.32. The Balaban J connectivity index is 2.21. The van der Waals surface area contributed by atoms with E-state index in [1.807, 2.05) is 36.4 Å². The number of nitriles is 1. The van der Waals surface area contributed by atoms with Crippen molar-refractivity contribution < 1.29 is 4.39 Å². The minimum Gasteiger partial charge on any atom is -0.211 e. The molecule has 0 aliphatic carbocycles. The summed E-state index contributed by atoms with van der Waals surface area (Å²) in [4.78, 5) is 0. The molecule has 0 saturated carbocycles. The Hall–Kier alpha value is -3.00. The van der Waals surface area contributed by atoms with E-state index in [0.717, 1.165) is 5.56 Å². The van der Waals surface area contributed by atoms with Gasteiger partial charge in [0.05, 0.1) is 5.69 Å². The fourth-order valence-electron chi connectivity index (χ4n) is 1.98. The number of hydrogen-bond acceptors (Lipinski definition) is 3. The molecule has 2 aromatic carbocycles. The quantitative estimate of drug-likeness (QED) is 0.715. The van der Waals surface area contributed by atoms with Gasteiger partial charge in [0.15, 0.2) is 5.69 Å². The highest BCUT2D eigenvalue weighted by molar-refractivity contribution is 5.66. The topological polar surface area (TPSA) is 54.5 Å². The molecule has 0 radical (unpaired) electrons. The van der Waals surface area contributed by atoms with Crippen LogP contribution in [0.15, 0.2) is 54.6 Å². The molecule has 0 aliphatic heterocycles. The zero-order valence-electron chi connectivity index (χ0n) is 10.4. The molecule has 5 heteroatoms. The number of halogens is 1. The first-order chi connectivity index (χ1) is 9.79. The number of hydrogen-bond donors (Lipinski definition) is 0. The van der Waals surface area contributed by atoms with Crippen molar-refractivity contribution in [1.82, 2.24) is 15.0 Å². The first-order valence-electron chi connectivity index (χ1n) is 5.97. The molecule has 3 aromatic rings. The van der Waals surface area contributed by atoms with E-state index in [1.54, 1.807) is 12.1 Å². The SMILES string of the molecule is N#Cc1nnn(-c2ccc(F)cc2)c1-c1ccccc1. The molecule has 3 rings (SSSR count). The lowest BCUT2D eigenvalue weighted by atomic mass is 10.1. The van der Waals surface area contributed by atoms with Gasteiger partial charge in [0, 0.05) is 5.56 Å². The van der Waals surface area contributed by atoms with Crippen LogP contribution in [0.2, 0.25) is 0 Å². The van der Waals surface area contributed by atoms with E-state index in [1.165, 1.54) is 16.8 Å². The Morgan fingerprint density at radius 2 is 1.70 bits per heavy atom. The van der Waals surface area contributed by atoms with Gasteiger partial charge in [0.2, 0.25) is 0 Å². The first kappa shape index (κ1) is 12.1. The summed E-state index contributed by atoms with van der Waals surface area (Å²) >= 11 is 0. The van der Waals surface area contributed by atoms with Gasteiger partial charge < -0.3 is 0 Å². The maximum Gasteiger partial charge on any atom is 0.191 e. The van der Waals surface area contributed by atoms with Gasteiger partial charge in [-0.25, -0.2) is 9.07 Å². The summed E-state index contributed by atoms with van der Waals surface area (Å²) < 4.78 is 14.5. The van der Waals surface area contributed by atoms with Gasteiger partial charge >= 0.3 is 0 Å². The molecule has 20 heavy (non-hydrogen) atoms. The van der Waals surface area contributed by atoms with Crippen LogP contribution in [0.5, 0.6) is 0 Å². The highest BCUT2D eigenvalue weighted by Crippen LogP contribution is 2.24. The molecule has 0 aliphatic rings. The number of rotatable bonds is 2. The standard InChI is InChI=1S/C15H9FN4/c16-12-6-8-13(9-7-12)20-15(14(10-17)18-19-20)11-4-2-1-3-5-11/h1-9H. The lowest BCUT2D eigenvalue weighted by Crippen LogP contribution is -1.99. The van der Waals surface area contributed by atoms with Crippen molar-refractivity contribution in [2.75, 3.05) is 0 Å². The Labute approximate surface area is 114 Å². The maximum absolute atomic E-state index is 13.0. The third-order valence-electron chi connectivity index (χ3n) is 2.89. The summed E-state index contributed by atoms with van der Waals surface area (Å²) in [6.07, 6.45) is 0. The van der Waals surface area contributed by atoms with Crippen LogP contribution >= 0.6 is 0 Å². The van der Waals surface area contributed by atoms with E-state index in [0.29, 0.717) is 11.4 Å². The molecule has 0 spiro atoms. The highest BCUT2D eigenvalue weighted by atomic mass is 19.1. The van der Waals surface area contributed by atoms with Crippen molar-refractivity contribution >= 4 is 0 Å². The second kappa shape index (κ2) is 4.94. The minimum absolute atomic E-state index is 0.237. The lowest BCUT2D eigenvalue weighted by Gasteiger charge is -2.06. The van der Waals surface area contributed by atoms with Crippen LogP contribution < -0.4 is 0 Å². The van der Waals surface area contributed by atoms with Gasteiger partial charge in [-0.3, -0.25) is 0 Å². The fourth-order valence-corrected chi connectivity index (χ4v) is 1.98. The zero-order valence-corrected chi connectivity index (χ0v) is 10.4. The summed E-state index contributed by atoms with van der Waals surface area (Å²) in [5, 5.41) is 17.0. The van der Waals surface area contributed by atoms with E-state index in [4.69, 9.17) is 5.26 Å². The van der Waals surface area contributed by atoms with Gasteiger partial charge in [-0.15, -0.1) is 5.10 Å². The molecule has 0 bridgehead atoms. The predicted octanol–water partition coefficient (Wildman–Crippen LogP) is 2.95. The molecular weight excluding hydrogens is 255 g/mol. The summed E-state index contributed by atoms with van der Waals surface area (Å²) in [6, 6.07) is 17.3. The van der Waals surface area contributed by atoms with E-state index < -0.39 is 0 Å². The monoisotopic (exact) mass is 264 g/mol. The van der Waals surface area contributed by atoms with Gasteiger partial charge in [-0.05, 0) is 24.3 Å². The van der Waals surface area contributed by atoms with Crippen LogP contribution in [0, 0.1) is 17.1 Å². The van der Waals surface area contributed by atoms with E-state index >= 15 is 0 Å². The van der Waals surface area contributed by atoms with Crippen molar-refractivity contribution in [3.8, 4) is 23.0 Å². The molecular formula is C15H9FN4. The van der Waals surface area contributed by atoms with Crippen molar-refractivity contribution in [2.45, 2.75) is 0 Å². The molecule has 0 saturated heterocycles. The Morgan fingerprint density at radius 3 is 2.35 bits per heavy atom. The second-order valence-corrected chi connectivity index (χ2v) is 4.15. The number of nitrogens with zero attached hydrogens (tertiary/aromatic N) is 4. The van der Waals surface area contributed by atoms with Crippen molar-refractivity contribution in [3.05, 3.63) is 66.1 Å². The molecule has 1 heterocycles. The first-order valence-corrected chi connectivity index (χ1v) is 5.97. The van der Waals surface area contributed by atoms with Crippen LogP contribution in [-0.4, -0.2) is 15.0 Å². The van der Waals surface area contributed by atoms with Gasteiger partial charge in [0.1, 0.15) is 17.6 Å². The Bertz CT molecular complexity index is 770. The maximum atomic E-state index is 13.0. The lowest BCUT2D eigenvalue weighted by molar-refractivity contribution is 0.627.